The van der Waals surface area contributed by atoms with E-state index < -0.39 is 0 Å². The molecule has 0 bridgehead atoms. The maximum absolute atomic E-state index is 9.36. The van der Waals surface area contributed by atoms with Gasteiger partial charge in [-0.2, -0.15) is 0 Å². The Hall–Kier alpha value is -2.30. The number of hydrogen-bond acceptors (Lipinski definition) is 4. The average molecular weight is 321 g/mol. The molecule has 0 amide bonds. The Morgan fingerprint density at radius 3 is 2.46 bits per heavy atom. The van der Waals surface area contributed by atoms with Crippen LogP contribution in [-0.4, -0.2) is 39.7 Å². The minimum Gasteiger partial charge on any atom is -0.395 e. The van der Waals surface area contributed by atoms with E-state index in [0.29, 0.717) is 13.1 Å². The lowest BCUT2D eigenvalue weighted by molar-refractivity contribution is 0.188. The van der Waals surface area contributed by atoms with Crippen molar-refractivity contribution in [3.05, 3.63) is 71.7 Å². The molecule has 4 nitrogen and oxygen atoms in total. The van der Waals surface area contributed by atoms with Gasteiger partial charge in [0.25, 0.3) is 0 Å². The van der Waals surface area contributed by atoms with Gasteiger partial charge in [-0.05, 0) is 25.0 Å². The second-order valence-electron chi connectivity index (χ2n) is 5.98. The van der Waals surface area contributed by atoms with E-state index >= 15 is 0 Å². The molecule has 3 rings (SSSR count). The van der Waals surface area contributed by atoms with Crippen LogP contribution >= 0.6 is 0 Å². The van der Waals surface area contributed by atoms with Crippen molar-refractivity contribution in [2.45, 2.75) is 19.9 Å². The van der Waals surface area contributed by atoms with E-state index in [1.165, 1.54) is 5.56 Å². The molecular formula is C20H23N3O. The fourth-order valence-corrected chi connectivity index (χ4v) is 2.91. The second-order valence-corrected chi connectivity index (χ2v) is 5.98. The van der Waals surface area contributed by atoms with Gasteiger partial charge in [-0.15, -0.1) is 0 Å². The molecule has 0 spiro atoms. The molecule has 2 aromatic carbocycles. The zero-order valence-corrected chi connectivity index (χ0v) is 14.0. The Labute approximate surface area is 142 Å². The molecule has 0 aliphatic carbocycles. The van der Waals surface area contributed by atoms with Gasteiger partial charge in [0.2, 0.25) is 0 Å². The Kier molecular flexibility index (Phi) is 5.51. The first-order chi connectivity index (χ1) is 11.8. The maximum Gasteiger partial charge on any atom is 0.143 e. The van der Waals surface area contributed by atoms with Gasteiger partial charge in [0, 0.05) is 24.2 Å². The standard InChI is InChI=1S/C20H23N3O/c1-16-18-9-5-6-10-19(18)22-20(21-16)15-23(13-14-24)12-11-17-7-3-2-4-8-17/h2-10,24H,11-15H2,1H3. The molecule has 0 aliphatic rings. The first-order valence-electron chi connectivity index (χ1n) is 8.35. The highest BCUT2D eigenvalue weighted by Gasteiger charge is 2.10. The summed E-state index contributed by atoms with van der Waals surface area (Å²) < 4.78 is 0. The SMILES string of the molecule is Cc1nc(CN(CCO)CCc2ccccc2)nc2ccccc12. The zero-order valence-electron chi connectivity index (χ0n) is 14.0. The molecule has 0 atom stereocenters. The quantitative estimate of drug-likeness (QED) is 0.727. The minimum atomic E-state index is 0.140. The summed E-state index contributed by atoms with van der Waals surface area (Å²) in [6.45, 7) is 4.32. The van der Waals surface area contributed by atoms with Crippen LogP contribution in [-0.2, 0) is 13.0 Å². The molecule has 3 aromatic rings. The topological polar surface area (TPSA) is 49.2 Å². The number of aromatic nitrogens is 2. The van der Waals surface area contributed by atoms with Crippen molar-refractivity contribution in [2.75, 3.05) is 19.7 Å². The molecule has 124 valence electrons. The number of rotatable bonds is 7. The number of benzene rings is 2. The smallest absolute Gasteiger partial charge is 0.143 e. The Bertz CT molecular complexity index is 789. The van der Waals surface area contributed by atoms with Crippen LogP contribution in [0.15, 0.2) is 54.6 Å². The van der Waals surface area contributed by atoms with Crippen LogP contribution in [0.5, 0.6) is 0 Å². The van der Waals surface area contributed by atoms with Gasteiger partial charge < -0.3 is 5.11 Å². The van der Waals surface area contributed by atoms with E-state index in [0.717, 1.165) is 35.4 Å². The predicted molar refractivity (Wildman–Crippen MR) is 96.8 cm³/mol. The lowest BCUT2D eigenvalue weighted by Crippen LogP contribution is -2.29. The van der Waals surface area contributed by atoms with Crippen molar-refractivity contribution in [1.29, 1.82) is 0 Å². The van der Waals surface area contributed by atoms with Crippen LogP contribution in [0.25, 0.3) is 10.9 Å². The molecule has 0 aliphatic heterocycles. The van der Waals surface area contributed by atoms with Gasteiger partial charge in [-0.3, -0.25) is 4.90 Å². The number of hydrogen-bond donors (Lipinski definition) is 1. The summed E-state index contributed by atoms with van der Waals surface area (Å²) in [7, 11) is 0. The number of aliphatic hydroxyl groups is 1. The number of aryl methyl sites for hydroxylation is 1. The van der Waals surface area contributed by atoms with Crippen molar-refractivity contribution in [3.63, 3.8) is 0 Å². The van der Waals surface area contributed by atoms with Crippen molar-refractivity contribution in [2.24, 2.45) is 0 Å². The van der Waals surface area contributed by atoms with Crippen molar-refractivity contribution in [3.8, 4) is 0 Å². The monoisotopic (exact) mass is 321 g/mol. The molecule has 0 fully saturated rings. The highest BCUT2D eigenvalue weighted by Crippen LogP contribution is 2.15. The molecule has 0 radical (unpaired) electrons. The third kappa shape index (κ3) is 4.16. The van der Waals surface area contributed by atoms with Gasteiger partial charge >= 0.3 is 0 Å². The van der Waals surface area contributed by atoms with E-state index in [1.54, 1.807) is 0 Å². The van der Waals surface area contributed by atoms with Crippen LogP contribution in [0.3, 0.4) is 0 Å². The summed E-state index contributed by atoms with van der Waals surface area (Å²) in [6, 6.07) is 18.5. The second kappa shape index (κ2) is 7.99. The Morgan fingerprint density at radius 1 is 0.917 bits per heavy atom. The molecule has 4 heteroatoms. The van der Waals surface area contributed by atoms with Gasteiger partial charge in [0.1, 0.15) is 5.82 Å². The number of fused-ring (bicyclic) bond motifs is 1. The van der Waals surface area contributed by atoms with E-state index in [2.05, 4.69) is 45.2 Å². The number of para-hydroxylation sites is 1. The van der Waals surface area contributed by atoms with Gasteiger partial charge in [0.15, 0.2) is 0 Å². The number of aliphatic hydroxyl groups excluding tert-OH is 1. The van der Waals surface area contributed by atoms with E-state index in [4.69, 9.17) is 0 Å². The Morgan fingerprint density at radius 2 is 1.67 bits per heavy atom. The molecular weight excluding hydrogens is 298 g/mol. The van der Waals surface area contributed by atoms with Gasteiger partial charge in [-0.25, -0.2) is 9.97 Å². The van der Waals surface area contributed by atoms with E-state index in [9.17, 15) is 5.11 Å². The summed E-state index contributed by atoms with van der Waals surface area (Å²) in [5, 5.41) is 10.5. The minimum absolute atomic E-state index is 0.140. The lowest BCUT2D eigenvalue weighted by atomic mass is 10.1. The third-order valence-electron chi connectivity index (χ3n) is 4.18. The van der Waals surface area contributed by atoms with Gasteiger partial charge in [-0.1, -0.05) is 48.5 Å². The maximum atomic E-state index is 9.36. The summed E-state index contributed by atoms with van der Waals surface area (Å²) in [5.41, 5.74) is 3.28. The first kappa shape index (κ1) is 16.6. The molecule has 0 unspecified atom stereocenters. The molecule has 1 heterocycles. The fraction of sp³-hybridized carbons (Fsp3) is 0.300. The predicted octanol–water partition coefficient (Wildman–Crippen LogP) is 2.98. The summed E-state index contributed by atoms with van der Waals surface area (Å²) in [6.07, 6.45) is 0.952. The van der Waals surface area contributed by atoms with E-state index in [-0.39, 0.29) is 6.61 Å². The molecule has 24 heavy (non-hydrogen) atoms. The molecule has 1 N–H and O–H groups in total. The van der Waals surface area contributed by atoms with Crippen LogP contribution in [0.4, 0.5) is 0 Å². The third-order valence-corrected chi connectivity index (χ3v) is 4.18. The Balaban J connectivity index is 1.73. The molecule has 0 saturated carbocycles. The van der Waals surface area contributed by atoms with Crippen molar-refractivity contribution >= 4 is 10.9 Å². The normalized spacial score (nSPS) is 11.3. The highest BCUT2D eigenvalue weighted by atomic mass is 16.3. The van der Waals surface area contributed by atoms with Crippen molar-refractivity contribution < 1.29 is 5.11 Å². The van der Waals surface area contributed by atoms with E-state index in [1.807, 2.05) is 31.2 Å². The average Bonchev–Trinajstić information content (AvgIpc) is 2.61. The van der Waals surface area contributed by atoms with Crippen molar-refractivity contribution in [1.82, 2.24) is 14.9 Å². The largest absolute Gasteiger partial charge is 0.395 e. The zero-order chi connectivity index (χ0) is 16.8. The van der Waals surface area contributed by atoms with Crippen LogP contribution in [0.2, 0.25) is 0 Å². The highest BCUT2D eigenvalue weighted by molar-refractivity contribution is 5.80. The molecule has 1 aromatic heterocycles. The van der Waals surface area contributed by atoms with Gasteiger partial charge in [0.05, 0.1) is 18.7 Å². The van der Waals surface area contributed by atoms with Crippen LogP contribution in [0, 0.1) is 6.92 Å². The summed E-state index contributed by atoms with van der Waals surface area (Å²) >= 11 is 0. The molecule has 0 saturated heterocycles. The lowest BCUT2D eigenvalue weighted by Gasteiger charge is -2.21. The summed E-state index contributed by atoms with van der Waals surface area (Å²) in [4.78, 5) is 11.5. The first-order valence-corrected chi connectivity index (χ1v) is 8.35. The fourth-order valence-electron chi connectivity index (χ4n) is 2.91. The van der Waals surface area contributed by atoms with Crippen LogP contribution < -0.4 is 0 Å². The number of nitrogens with zero attached hydrogens (tertiary/aromatic N) is 3. The van der Waals surface area contributed by atoms with Crippen LogP contribution in [0.1, 0.15) is 17.1 Å². The summed E-state index contributed by atoms with van der Waals surface area (Å²) in [5.74, 6) is 0.813.